The predicted octanol–water partition coefficient (Wildman–Crippen LogP) is 2.46. The van der Waals surface area contributed by atoms with Gasteiger partial charge in [-0.2, -0.15) is 0 Å². The summed E-state index contributed by atoms with van der Waals surface area (Å²) in [4.78, 5) is 24.3. The van der Waals surface area contributed by atoms with Crippen molar-refractivity contribution in [2.75, 3.05) is 18.5 Å². The third kappa shape index (κ3) is 3.69. The molecular formula is C17H19NO4. The van der Waals surface area contributed by atoms with E-state index in [9.17, 15) is 9.59 Å². The molecule has 0 saturated carbocycles. The van der Waals surface area contributed by atoms with E-state index in [1.165, 1.54) is 18.2 Å². The van der Waals surface area contributed by atoms with Gasteiger partial charge in [-0.3, -0.25) is 9.59 Å². The van der Waals surface area contributed by atoms with Gasteiger partial charge >= 0.3 is 0 Å². The van der Waals surface area contributed by atoms with Gasteiger partial charge in [0.05, 0.1) is 5.57 Å². The van der Waals surface area contributed by atoms with Gasteiger partial charge in [0.2, 0.25) is 5.79 Å². The Morgan fingerprint density at radius 3 is 2.36 bits per heavy atom. The number of allylic oxidation sites excluding steroid dienone is 1. The number of carbonyl (C=O) groups excluding carboxylic acids is 2. The quantitative estimate of drug-likeness (QED) is 0.647. The van der Waals surface area contributed by atoms with Crippen LogP contribution in [0.15, 0.2) is 54.1 Å². The monoisotopic (exact) mass is 301 g/mol. The zero-order chi connectivity index (χ0) is 16.0. The molecule has 1 aliphatic rings. The Kier molecular flexibility index (Phi) is 5.25. The van der Waals surface area contributed by atoms with E-state index in [4.69, 9.17) is 9.47 Å². The number of carbonyl (C=O) groups is 2. The number of hydrogen-bond acceptors (Lipinski definition) is 4. The molecule has 0 aromatic heterocycles. The zero-order valence-electron chi connectivity index (χ0n) is 12.7. The van der Waals surface area contributed by atoms with Crippen LogP contribution in [-0.4, -0.2) is 30.7 Å². The topological polar surface area (TPSA) is 64.6 Å². The van der Waals surface area contributed by atoms with Crippen LogP contribution in [0.2, 0.25) is 0 Å². The summed E-state index contributed by atoms with van der Waals surface area (Å²) in [6, 6.07) is 8.95. The van der Waals surface area contributed by atoms with Crippen LogP contribution in [0.4, 0.5) is 5.69 Å². The molecule has 22 heavy (non-hydrogen) atoms. The lowest BCUT2D eigenvalue weighted by molar-refractivity contribution is -0.167. The third-order valence-electron chi connectivity index (χ3n) is 3.09. The summed E-state index contributed by atoms with van der Waals surface area (Å²) in [5, 5.41) is 2.69. The van der Waals surface area contributed by atoms with Crippen molar-refractivity contribution in [3.8, 4) is 0 Å². The second kappa shape index (κ2) is 7.15. The van der Waals surface area contributed by atoms with Crippen LogP contribution in [-0.2, 0) is 19.1 Å². The van der Waals surface area contributed by atoms with Gasteiger partial charge in [-0.1, -0.05) is 18.2 Å². The number of ether oxygens (including phenoxy) is 2. The van der Waals surface area contributed by atoms with Gasteiger partial charge in [-0.15, -0.1) is 0 Å². The van der Waals surface area contributed by atoms with Crippen molar-refractivity contribution in [1.29, 1.82) is 0 Å². The minimum absolute atomic E-state index is 0.00764. The van der Waals surface area contributed by atoms with Crippen LogP contribution < -0.4 is 5.32 Å². The highest BCUT2D eigenvalue weighted by Crippen LogP contribution is 2.25. The lowest BCUT2D eigenvalue weighted by Gasteiger charge is -2.29. The fraction of sp³-hybridized carbons (Fsp3) is 0.294. The molecule has 5 heteroatoms. The van der Waals surface area contributed by atoms with Crippen molar-refractivity contribution in [1.82, 2.24) is 0 Å². The molecule has 1 amide bonds. The highest BCUT2D eigenvalue weighted by molar-refractivity contribution is 6.27. The van der Waals surface area contributed by atoms with Crippen molar-refractivity contribution in [2.45, 2.75) is 19.6 Å². The number of benzene rings is 1. The normalized spacial score (nSPS) is 16.3. The molecule has 0 saturated heterocycles. The fourth-order valence-electron chi connectivity index (χ4n) is 2.17. The van der Waals surface area contributed by atoms with Crippen molar-refractivity contribution >= 4 is 17.4 Å². The molecule has 5 nitrogen and oxygen atoms in total. The van der Waals surface area contributed by atoms with E-state index in [-0.39, 0.29) is 11.4 Å². The Bertz CT molecular complexity index is 598. The molecule has 0 heterocycles. The van der Waals surface area contributed by atoms with Crippen LogP contribution in [0, 0.1) is 0 Å². The Morgan fingerprint density at radius 2 is 1.77 bits per heavy atom. The maximum Gasteiger partial charge on any atom is 0.259 e. The van der Waals surface area contributed by atoms with Crippen LogP contribution in [0.25, 0.3) is 0 Å². The zero-order valence-corrected chi connectivity index (χ0v) is 12.7. The molecule has 1 aromatic rings. The molecule has 0 radical (unpaired) electrons. The number of amides is 1. The summed E-state index contributed by atoms with van der Waals surface area (Å²) in [6.45, 7) is 4.43. The van der Waals surface area contributed by atoms with E-state index in [0.717, 1.165) is 0 Å². The second-order valence-corrected chi connectivity index (χ2v) is 4.66. The first-order valence-electron chi connectivity index (χ1n) is 7.21. The minimum atomic E-state index is -1.17. The summed E-state index contributed by atoms with van der Waals surface area (Å²) in [5.74, 6) is -2.02. The molecule has 1 aromatic carbocycles. The largest absolute Gasteiger partial charge is 0.343 e. The van der Waals surface area contributed by atoms with Crippen molar-refractivity contribution in [3.63, 3.8) is 0 Å². The van der Waals surface area contributed by atoms with Crippen molar-refractivity contribution in [2.24, 2.45) is 0 Å². The highest BCUT2D eigenvalue weighted by atomic mass is 16.7. The Hall–Kier alpha value is -2.24. The molecule has 116 valence electrons. The summed E-state index contributed by atoms with van der Waals surface area (Å²) < 4.78 is 11.1. The maximum atomic E-state index is 12.3. The summed E-state index contributed by atoms with van der Waals surface area (Å²) >= 11 is 0. The Labute approximate surface area is 129 Å². The van der Waals surface area contributed by atoms with E-state index < -0.39 is 11.7 Å². The number of anilines is 1. The molecular weight excluding hydrogens is 282 g/mol. The molecule has 0 bridgehead atoms. The van der Waals surface area contributed by atoms with Gasteiger partial charge in [-0.25, -0.2) is 0 Å². The first-order valence-corrected chi connectivity index (χ1v) is 7.21. The highest BCUT2D eigenvalue weighted by Gasteiger charge is 2.33. The van der Waals surface area contributed by atoms with E-state index in [2.05, 4.69) is 5.32 Å². The van der Waals surface area contributed by atoms with Crippen molar-refractivity contribution < 1.29 is 19.1 Å². The Balaban J connectivity index is 2.24. The summed E-state index contributed by atoms with van der Waals surface area (Å²) in [5.41, 5.74) is 0.627. The average molecular weight is 301 g/mol. The number of ketones is 1. The van der Waals surface area contributed by atoms with Crippen LogP contribution >= 0.6 is 0 Å². The van der Waals surface area contributed by atoms with Crippen LogP contribution in [0.1, 0.15) is 13.8 Å². The molecule has 1 aliphatic carbocycles. The van der Waals surface area contributed by atoms with E-state index in [1.807, 2.05) is 19.9 Å². The van der Waals surface area contributed by atoms with Gasteiger partial charge in [0.15, 0.2) is 5.78 Å². The standard InChI is InChI=1S/C17H19NO4/c1-3-21-17(22-4-2)11-10-15(19)14(12-17)16(20)18-13-8-6-5-7-9-13/h5-12H,3-4H2,1-2H3,(H,18,20). The first-order chi connectivity index (χ1) is 10.6. The van der Waals surface area contributed by atoms with E-state index in [0.29, 0.717) is 18.9 Å². The summed E-state index contributed by atoms with van der Waals surface area (Å²) in [7, 11) is 0. The molecule has 0 unspecified atom stereocenters. The van der Waals surface area contributed by atoms with Gasteiger partial charge in [0, 0.05) is 18.9 Å². The number of hydrogen-bond donors (Lipinski definition) is 1. The lowest BCUT2D eigenvalue weighted by Crippen LogP contribution is -2.37. The van der Waals surface area contributed by atoms with Crippen molar-refractivity contribution in [3.05, 3.63) is 54.1 Å². The molecule has 0 fully saturated rings. The summed E-state index contributed by atoms with van der Waals surface area (Å²) in [6.07, 6.45) is 4.27. The molecule has 0 atom stereocenters. The van der Waals surface area contributed by atoms with Crippen LogP contribution in [0.3, 0.4) is 0 Å². The third-order valence-corrected chi connectivity index (χ3v) is 3.09. The van der Waals surface area contributed by atoms with Crippen LogP contribution in [0.5, 0.6) is 0 Å². The molecule has 0 aliphatic heterocycles. The van der Waals surface area contributed by atoms with Gasteiger partial charge < -0.3 is 14.8 Å². The molecule has 2 rings (SSSR count). The number of rotatable bonds is 6. The first kappa shape index (κ1) is 16.1. The average Bonchev–Trinajstić information content (AvgIpc) is 2.51. The van der Waals surface area contributed by atoms with E-state index in [1.54, 1.807) is 24.3 Å². The minimum Gasteiger partial charge on any atom is -0.343 e. The maximum absolute atomic E-state index is 12.3. The van der Waals surface area contributed by atoms with E-state index >= 15 is 0 Å². The number of nitrogens with one attached hydrogen (secondary N) is 1. The van der Waals surface area contributed by atoms with Gasteiger partial charge in [0.25, 0.3) is 5.91 Å². The smallest absolute Gasteiger partial charge is 0.259 e. The Morgan fingerprint density at radius 1 is 1.14 bits per heavy atom. The SMILES string of the molecule is CCOC1(OCC)C=CC(=O)C(C(=O)Nc2ccccc2)=C1. The van der Waals surface area contributed by atoms with Gasteiger partial charge in [0.1, 0.15) is 0 Å². The van der Waals surface area contributed by atoms with Gasteiger partial charge in [-0.05, 0) is 44.2 Å². The molecule has 1 N–H and O–H groups in total. The lowest BCUT2D eigenvalue weighted by atomic mass is 9.99. The molecule has 0 spiro atoms. The number of para-hydroxylation sites is 1. The fourth-order valence-corrected chi connectivity index (χ4v) is 2.17. The second-order valence-electron chi connectivity index (χ2n) is 4.66. The predicted molar refractivity (Wildman–Crippen MR) is 83.3 cm³/mol.